The van der Waals surface area contributed by atoms with E-state index in [4.69, 9.17) is 4.74 Å². The molecular weight excluding hydrogens is 385 g/mol. The maximum Gasteiger partial charge on any atom is 0.443 e. The first kappa shape index (κ1) is 22.1. The Morgan fingerprint density at radius 1 is 1.00 bits per heavy atom. The van der Waals surface area contributed by atoms with E-state index in [1.807, 2.05) is 30.3 Å². The first-order chi connectivity index (χ1) is 13.0. The number of hydrogen-bond acceptors (Lipinski definition) is 3. The maximum absolute atomic E-state index is 13.4. The summed E-state index contributed by atoms with van der Waals surface area (Å²) in [6.07, 6.45) is 1.10. The topological polar surface area (TPSA) is 26.3 Å². The second-order valence-corrected chi connectivity index (χ2v) is 8.68. The molecule has 2 rings (SSSR count). The summed E-state index contributed by atoms with van der Waals surface area (Å²) in [5.41, 5.74) is -3.54. The Bertz CT molecular complexity index is 808. The second kappa shape index (κ2) is 8.43. The fourth-order valence-corrected chi connectivity index (χ4v) is 3.76. The highest BCUT2D eigenvalue weighted by Crippen LogP contribution is 2.50. The molecule has 0 bridgehead atoms. The lowest BCUT2D eigenvalue weighted by molar-refractivity contribution is -0.158. The molecule has 2 nitrogen and oxygen atoms in total. The van der Waals surface area contributed by atoms with E-state index in [2.05, 4.69) is 6.58 Å². The summed E-state index contributed by atoms with van der Waals surface area (Å²) in [5.74, 6) is -0.935. The van der Waals surface area contributed by atoms with Gasteiger partial charge >= 0.3 is 11.5 Å². The molecule has 0 radical (unpaired) electrons. The third-order valence-corrected chi connectivity index (χ3v) is 5.06. The molecule has 0 aliphatic heterocycles. The Balaban J connectivity index is 2.53. The highest BCUT2D eigenvalue weighted by Gasteiger charge is 2.51. The minimum atomic E-state index is -4.63. The van der Waals surface area contributed by atoms with Gasteiger partial charge in [0.2, 0.25) is 0 Å². The molecule has 28 heavy (non-hydrogen) atoms. The Kier molecular flexibility index (Phi) is 6.65. The number of carbonyl (C=O) groups excluding carboxylic acids is 1. The number of carbonyl (C=O) groups is 1. The molecule has 150 valence electrons. The zero-order valence-electron chi connectivity index (χ0n) is 16.0. The van der Waals surface area contributed by atoms with Gasteiger partial charge in [0.05, 0.1) is 0 Å². The zero-order chi connectivity index (χ0) is 21.0. The monoisotopic (exact) mass is 408 g/mol. The SMILES string of the molecule is C=CCC(SC(F)(F)F)(C(=O)OC(C)(C)C)c1ccc(-c2ccccc2)cc1. The highest BCUT2D eigenvalue weighted by atomic mass is 32.2. The van der Waals surface area contributed by atoms with Gasteiger partial charge in [-0.25, -0.2) is 0 Å². The van der Waals surface area contributed by atoms with Crippen molar-refractivity contribution in [2.24, 2.45) is 0 Å². The molecule has 1 unspecified atom stereocenters. The Morgan fingerprint density at radius 2 is 1.54 bits per heavy atom. The standard InChI is InChI=1S/C22H23F3O2S/c1-5-15-21(28-22(23,24)25,19(26)27-20(2,3)4)18-13-11-17(12-14-18)16-9-7-6-8-10-16/h5-14H,1,15H2,2-4H3. The van der Waals surface area contributed by atoms with Gasteiger partial charge in [0.15, 0.2) is 0 Å². The van der Waals surface area contributed by atoms with Crippen LogP contribution < -0.4 is 0 Å². The van der Waals surface area contributed by atoms with Gasteiger partial charge < -0.3 is 4.74 Å². The number of ether oxygens (including phenoxy) is 1. The van der Waals surface area contributed by atoms with E-state index in [0.717, 1.165) is 11.1 Å². The largest absolute Gasteiger partial charge is 0.459 e. The van der Waals surface area contributed by atoms with Crippen molar-refractivity contribution in [3.63, 3.8) is 0 Å². The molecule has 2 aromatic carbocycles. The minimum Gasteiger partial charge on any atom is -0.459 e. The van der Waals surface area contributed by atoms with Crippen molar-refractivity contribution in [1.29, 1.82) is 0 Å². The molecule has 6 heteroatoms. The molecule has 0 aliphatic rings. The van der Waals surface area contributed by atoms with Crippen LogP contribution >= 0.6 is 11.8 Å². The van der Waals surface area contributed by atoms with E-state index >= 15 is 0 Å². The Morgan fingerprint density at radius 3 is 2.00 bits per heavy atom. The zero-order valence-corrected chi connectivity index (χ0v) is 16.9. The molecule has 0 saturated carbocycles. The number of alkyl halides is 3. The van der Waals surface area contributed by atoms with Crippen LogP contribution in [0.15, 0.2) is 67.3 Å². The summed E-state index contributed by atoms with van der Waals surface area (Å²) in [4.78, 5) is 12.9. The molecule has 0 N–H and O–H groups in total. The fourth-order valence-electron chi connectivity index (χ4n) is 2.79. The molecule has 0 amide bonds. The van der Waals surface area contributed by atoms with Crippen LogP contribution in [0, 0.1) is 0 Å². The van der Waals surface area contributed by atoms with E-state index < -0.39 is 21.8 Å². The first-order valence-electron chi connectivity index (χ1n) is 8.74. The Hall–Kier alpha value is -2.21. The molecule has 1 atom stereocenters. The van der Waals surface area contributed by atoms with Crippen molar-refractivity contribution >= 4 is 17.7 Å². The molecule has 0 aromatic heterocycles. The quantitative estimate of drug-likeness (QED) is 0.392. The summed E-state index contributed by atoms with van der Waals surface area (Å²) in [7, 11) is 0. The molecule has 0 heterocycles. The lowest BCUT2D eigenvalue weighted by Crippen LogP contribution is -2.40. The van der Waals surface area contributed by atoms with E-state index in [0.29, 0.717) is 0 Å². The predicted octanol–water partition coefficient (Wildman–Crippen LogP) is 6.72. The number of thioether (sulfide) groups is 1. The van der Waals surface area contributed by atoms with Crippen LogP contribution in [0.3, 0.4) is 0 Å². The number of allylic oxidation sites excluding steroid dienone is 1. The average Bonchev–Trinajstić information content (AvgIpc) is 2.59. The van der Waals surface area contributed by atoms with Crippen LogP contribution in [0.25, 0.3) is 11.1 Å². The third kappa shape index (κ3) is 5.64. The van der Waals surface area contributed by atoms with Crippen LogP contribution in [0.1, 0.15) is 32.8 Å². The van der Waals surface area contributed by atoms with Gasteiger partial charge in [0.25, 0.3) is 0 Å². The lowest BCUT2D eigenvalue weighted by atomic mass is 9.92. The van der Waals surface area contributed by atoms with Crippen LogP contribution in [0.2, 0.25) is 0 Å². The van der Waals surface area contributed by atoms with Crippen molar-refractivity contribution in [3.05, 3.63) is 72.8 Å². The van der Waals surface area contributed by atoms with Gasteiger partial charge in [-0.2, -0.15) is 13.2 Å². The van der Waals surface area contributed by atoms with Crippen molar-refractivity contribution in [2.75, 3.05) is 0 Å². The average molecular weight is 408 g/mol. The van der Waals surface area contributed by atoms with Crippen molar-refractivity contribution in [2.45, 2.75) is 43.0 Å². The Labute approximate surface area is 167 Å². The van der Waals surface area contributed by atoms with Crippen LogP contribution in [0.4, 0.5) is 13.2 Å². The van der Waals surface area contributed by atoms with Gasteiger partial charge in [-0.3, -0.25) is 4.79 Å². The van der Waals surface area contributed by atoms with Gasteiger partial charge in [-0.05, 0) is 55.6 Å². The van der Waals surface area contributed by atoms with E-state index in [9.17, 15) is 18.0 Å². The smallest absolute Gasteiger partial charge is 0.443 e. The summed E-state index contributed by atoms with van der Waals surface area (Å²) >= 11 is -0.368. The molecule has 0 saturated heterocycles. The maximum atomic E-state index is 13.4. The highest BCUT2D eigenvalue weighted by molar-refractivity contribution is 8.01. The van der Waals surface area contributed by atoms with Gasteiger partial charge in [-0.1, -0.05) is 60.7 Å². The summed E-state index contributed by atoms with van der Waals surface area (Å²) in [6.45, 7) is 8.43. The van der Waals surface area contributed by atoms with Crippen LogP contribution in [-0.2, 0) is 14.3 Å². The number of halogens is 3. The van der Waals surface area contributed by atoms with Gasteiger partial charge in [-0.15, -0.1) is 6.58 Å². The number of esters is 1. The summed E-state index contributed by atoms with van der Waals surface area (Å²) in [6, 6.07) is 16.0. The second-order valence-electron chi connectivity index (χ2n) is 7.31. The van der Waals surface area contributed by atoms with Crippen LogP contribution in [-0.4, -0.2) is 17.1 Å². The third-order valence-electron chi connectivity index (χ3n) is 3.91. The minimum absolute atomic E-state index is 0.212. The number of rotatable bonds is 6. The summed E-state index contributed by atoms with van der Waals surface area (Å²) in [5, 5.41) is 0. The van der Waals surface area contributed by atoms with E-state index in [1.165, 1.54) is 6.08 Å². The van der Waals surface area contributed by atoms with Gasteiger partial charge in [0, 0.05) is 0 Å². The van der Waals surface area contributed by atoms with Crippen LogP contribution in [0.5, 0.6) is 0 Å². The van der Waals surface area contributed by atoms with Gasteiger partial charge in [0.1, 0.15) is 10.3 Å². The molecule has 0 fully saturated rings. The molecule has 2 aromatic rings. The molecule has 0 spiro atoms. The molecule has 0 aliphatic carbocycles. The van der Waals surface area contributed by atoms with Crippen molar-refractivity contribution in [1.82, 2.24) is 0 Å². The number of hydrogen-bond donors (Lipinski definition) is 0. The summed E-state index contributed by atoms with van der Waals surface area (Å²) < 4.78 is 43.7. The lowest BCUT2D eigenvalue weighted by Gasteiger charge is -2.34. The van der Waals surface area contributed by atoms with E-state index in [-0.39, 0.29) is 23.7 Å². The van der Waals surface area contributed by atoms with E-state index in [1.54, 1.807) is 45.0 Å². The first-order valence-corrected chi connectivity index (χ1v) is 9.56. The number of benzene rings is 2. The normalized spacial score (nSPS) is 14.2. The molecular formula is C22H23F3O2S. The van der Waals surface area contributed by atoms with Crippen molar-refractivity contribution in [3.8, 4) is 11.1 Å². The predicted molar refractivity (Wildman–Crippen MR) is 108 cm³/mol. The van der Waals surface area contributed by atoms with Crippen molar-refractivity contribution < 1.29 is 22.7 Å². The fraction of sp³-hybridized carbons (Fsp3) is 0.318.